The van der Waals surface area contributed by atoms with Gasteiger partial charge in [-0.3, -0.25) is 4.79 Å². The van der Waals surface area contributed by atoms with Crippen LogP contribution >= 0.6 is 0 Å². The number of carbonyl (C=O) groups is 2. The second-order valence-electron chi connectivity index (χ2n) is 3.67. The molecule has 1 saturated heterocycles. The maximum absolute atomic E-state index is 11.3. The Morgan fingerprint density at radius 2 is 2.00 bits per heavy atom. The summed E-state index contributed by atoms with van der Waals surface area (Å²) in [4.78, 5) is 21.8. The second-order valence-corrected chi connectivity index (χ2v) is 3.67. The summed E-state index contributed by atoms with van der Waals surface area (Å²) in [5.74, 6) is -0.320. The predicted molar refractivity (Wildman–Crippen MR) is 44.9 cm³/mol. The molecule has 4 heteroatoms. The minimum absolute atomic E-state index is 0.0617. The second kappa shape index (κ2) is 3.36. The zero-order valence-corrected chi connectivity index (χ0v) is 7.41. The van der Waals surface area contributed by atoms with Gasteiger partial charge in [0.15, 0.2) is 0 Å². The molecule has 0 radical (unpaired) electrons. The van der Waals surface area contributed by atoms with Crippen LogP contribution in [-0.2, 0) is 14.3 Å². The molecular formula is C9H13NO3. The molecule has 2 fully saturated rings. The van der Waals surface area contributed by atoms with Crippen molar-refractivity contribution in [1.82, 2.24) is 5.32 Å². The van der Waals surface area contributed by atoms with E-state index in [4.69, 9.17) is 4.74 Å². The van der Waals surface area contributed by atoms with Crippen molar-refractivity contribution in [3.8, 4) is 0 Å². The van der Waals surface area contributed by atoms with E-state index in [2.05, 4.69) is 5.32 Å². The molecule has 1 amide bonds. The van der Waals surface area contributed by atoms with Crippen LogP contribution in [-0.4, -0.2) is 24.0 Å². The molecule has 1 aliphatic carbocycles. The van der Waals surface area contributed by atoms with Crippen LogP contribution in [0.5, 0.6) is 0 Å². The number of hydrogen-bond acceptors (Lipinski definition) is 3. The van der Waals surface area contributed by atoms with E-state index in [-0.39, 0.29) is 24.0 Å². The van der Waals surface area contributed by atoms with E-state index >= 15 is 0 Å². The zero-order chi connectivity index (χ0) is 9.26. The van der Waals surface area contributed by atoms with Gasteiger partial charge in [-0.05, 0) is 25.7 Å². The number of hydrogen-bond donors (Lipinski definition) is 1. The van der Waals surface area contributed by atoms with Crippen molar-refractivity contribution in [2.75, 3.05) is 0 Å². The summed E-state index contributed by atoms with van der Waals surface area (Å²) in [5, 5.41) is 2.50. The third kappa shape index (κ3) is 1.82. The number of esters is 1. The maximum Gasteiger partial charge on any atom is 0.329 e. The first kappa shape index (κ1) is 8.53. The highest BCUT2D eigenvalue weighted by atomic mass is 16.5. The first-order chi connectivity index (χ1) is 6.25. The Bertz CT molecular complexity index is 225. The van der Waals surface area contributed by atoms with E-state index in [0.717, 1.165) is 25.7 Å². The molecule has 0 bridgehead atoms. The van der Waals surface area contributed by atoms with Crippen LogP contribution in [0.4, 0.5) is 0 Å². The molecule has 0 aromatic heterocycles. The molecule has 4 nitrogen and oxygen atoms in total. The van der Waals surface area contributed by atoms with Crippen LogP contribution in [0, 0.1) is 0 Å². The van der Waals surface area contributed by atoms with Crippen molar-refractivity contribution in [3.05, 3.63) is 0 Å². The van der Waals surface area contributed by atoms with Gasteiger partial charge in [-0.2, -0.15) is 0 Å². The SMILES string of the molecule is O=C1CC(C(=O)OC2CCCC2)N1. The summed E-state index contributed by atoms with van der Waals surface area (Å²) in [7, 11) is 0. The summed E-state index contributed by atoms with van der Waals surface area (Å²) in [6, 6.07) is -0.367. The average molecular weight is 183 g/mol. The number of amides is 1. The fourth-order valence-corrected chi connectivity index (χ4v) is 1.75. The fraction of sp³-hybridized carbons (Fsp3) is 0.778. The van der Waals surface area contributed by atoms with Gasteiger partial charge < -0.3 is 10.1 Å². The van der Waals surface area contributed by atoms with Crippen molar-refractivity contribution >= 4 is 11.9 Å². The number of β-lactam (4-membered cyclic amide) rings is 1. The molecule has 1 aliphatic heterocycles. The van der Waals surface area contributed by atoms with Gasteiger partial charge in [0.2, 0.25) is 5.91 Å². The van der Waals surface area contributed by atoms with Crippen molar-refractivity contribution < 1.29 is 14.3 Å². The number of carbonyl (C=O) groups excluding carboxylic acids is 2. The van der Waals surface area contributed by atoms with Crippen LogP contribution < -0.4 is 5.32 Å². The molecule has 72 valence electrons. The van der Waals surface area contributed by atoms with E-state index in [1.807, 2.05) is 0 Å². The minimum atomic E-state index is -0.367. The minimum Gasteiger partial charge on any atom is -0.461 e. The Kier molecular flexibility index (Phi) is 2.20. The van der Waals surface area contributed by atoms with E-state index < -0.39 is 0 Å². The monoisotopic (exact) mass is 183 g/mol. The largest absolute Gasteiger partial charge is 0.461 e. The number of rotatable bonds is 2. The highest BCUT2D eigenvalue weighted by Crippen LogP contribution is 2.22. The fourth-order valence-electron chi connectivity index (χ4n) is 1.75. The standard InChI is InChI=1S/C9H13NO3/c11-8-5-7(10-8)9(12)13-6-3-1-2-4-6/h6-7H,1-5H2,(H,10,11). The van der Waals surface area contributed by atoms with Gasteiger partial charge in [0.05, 0.1) is 6.42 Å². The first-order valence-corrected chi connectivity index (χ1v) is 4.75. The summed E-state index contributed by atoms with van der Waals surface area (Å²) in [6.45, 7) is 0. The van der Waals surface area contributed by atoms with Gasteiger partial charge in [0, 0.05) is 0 Å². The van der Waals surface area contributed by atoms with Crippen LogP contribution in [0.15, 0.2) is 0 Å². The Morgan fingerprint density at radius 1 is 1.38 bits per heavy atom. The lowest BCUT2D eigenvalue weighted by atomic mass is 10.1. The third-order valence-corrected chi connectivity index (χ3v) is 2.59. The summed E-state index contributed by atoms with van der Waals surface area (Å²) < 4.78 is 5.21. The molecule has 0 aromatic rings. The van der Waals surface area contributed by atoms with Crippen LogP contribution in [0.25, 0.3) is 0 Å². The van der Waals surface area contributed by atoms with Crippen molar-refractivity contribution in [1.29, 1.82) is 0 Å². The van der Waals surface area contributed by atoms with Crippen LogP contribution in [0.3, 0.4) is 0 Å². The zero-order valence-electron chi connectivity index (χ0n) is 7.41. The van der Waals surface area contributed by atoms with Gasteiger partial charge in [-0.25, -0.2) is 4.79 Å². The molecule has 1 heterocycles. The number of nitrogens with one attached hydrogen (secondary N) is 1. The average Bonchev–Trinajstić information content (AvgIpc) is 2.51. The molecule has 2 rings (SSSR count). The topological polar surface area (TPSA) is 55.4 Å². The highest BCUT2D eigenvalue weighted by Gasteiger charge is 2.34. The molecular weight excluding hydrogens is 170 g/mol. The lowest BCUT2D eigenvalue weighted by molar-refractivity contribution is -0.157. The molecule has 1 saturated carbocycles. The van der Waals surface area contributed by atoms with Crippen LogP contribution in [0.2, 0.25) is 0 Å². The molecule has 0 aromatic carbocycles. The first-order valence-electron chi connectivity index (χ1n) is 4.75. The Balaban J connectivity index is 1.74. The molecule has 2 aliphatic rings. The van der Waals surface area contributed by atoms with E-state index in [1.54, 1.807) is 0 Å². The van der Waals surface area contributed by atoms with Crippen molar-refractivity contribution in [2.45, 2.75) is 44.2 Å². The quantitative estimate of drug-likeness (QED) is 0.496. The smallest absolute Gasteiger partial charge is 0.329 e. The molecule has 1 unspecified atom stereocenters. The lowest BCUT2D eigenvalue weighted by Gasteiger charge is -2.26. The molecule has 1 atom stereocenters. The van der Waals surface area contributed by atoms with Gasteiger partial charge in [0.1, 0.15) is 12.1 Å². The Hall–Kier alpha value is -1.06. The predicted octanol–water partition coefficient (Wildman–Crippen LogP) is 0.361. The summed E-state index contributed by atoms with van der Waals surface area (Å²) >= 11 is 0. The van der Waals surface area contributed by atoms with E-state index in [1.165, 1.54) is 0 Å². The van der Waals surface area contributed by atoms with Gasteiger partial charge in [0.25, 0.3) is 0 Å². The van der Waals surface area contributed by atoms with Gasteiger partial charge in [-0.1, -0.05) is 0 Å². The van der Waals surface area contributed by atoms with Crippen LogP contribution in [0.1, 0.15) is 32.1 Å². The third-order valence-electron chi connectivity index (χ3n) is 2.59. The summed E-state index contributed by atoms with van der Waals surface area (Å²) in [6.07, 6.45) is 4.65. The lowest BCUT2D eigenvalue weighted by Crippen LogP contribution is -2.54. The van der Waals surface area contributed by atoms with Crippen molar-refractivity contribution in [3.63, 3.8) is 0 Å². The normalized spacial score (nSPS) is 28.0. The van der Waals surface area contributed by atoms with E-state index in [9.17, 15) is 9.59 Å². The molecule has 1 N–H and O–H groups in total. The number of ether oxygens (including phenoxy) is 1. The van der Waals surface area contributed by atoms with Crippen molar-refractivity contribution in [2.24, 2.45) is 0 Å². The maximum atomic E-state index is 11.3. The van der Waals surface area contributed by atoms with Gasteiger partial charge in [-0.15, -0.1) is 0 Å². The van der Waals surface area contributed by atoms with Gasteiger partial charge >= 0.3 is 5.97 Å². The highest BCUT2D eigenvalue weighted by molar-refractivity contribution is 5.94. The molecule has 13 heavy (non-hydrogen) atoms. The Morgan fingerprint density at radius 3 is 2.54 bits per heavy atom. The van der Waals surface area contributed by atoms with E-state index in [0.29, 0.717) is 6.42 Å². The summed E-state index contributed by atoms with van der Waals surface area (Å²) in [5.41, 5.74) is 0. The Labute approximate surface area is 76.6 Å². The molecule has 0 spiro atoms.